The van der Waals surface area contributed by atoms with Crippen LogP contribution in [0.2, 0.25) is 0 Å². The summed E-state index contributed by atoms with van der Waals surface area (Å²) in [4.78, 5) is 0. The van der Waals surface area contributed by atoms with E-state index < -0.39 is 0 Å². The van der Waals surface area contributed by atoms with Gasteiger partial charge in [-0.1, -0.05) is 133 Å². The molecule has 0 radical (unpaired) electrons. The smallest absolute Gasteiger partial charge is 0.0867 e. The first kappa shape index (κ1) is 23.8. The highest BCUT2D eigenvalue weighted by molar-refractivity contribution is 6.61. The van der Waals surface area contributed by atoms with Crippen LogP contribution in [-0.4, -0.2) is 11.4 Å². The Kier molecular flexibility index (Phi) is 5.79. The summed E-state index contributed by atoms with van der Waals surface area (Å²) in [5, 5.41) is 22.1. The normalized spacial score (nSPS) is 13.4. The molecule has 1 aliphatic rings. The fourth-order valence-corrected chi connectivity index (χ4v) is 5.66. The average molecular weight is 511 g/mol. The zero-order valence-corrected chi connectivity index (χ0v) is 21.9. The first-order valence-corrected chi connectivity index (χ1v) is 13.4. The molecule has 7 rings (SSSR count). The Morgan fingerprint density at radius 1 is 0.375 bits per heavy atom. The van der Waals surface area contributed by atoms with Crippen LogP contribution in [0.25, 0.3) is 54.9 Å². The largest absolute Gasteiger partial charge is 0.299 e. The molecule has 0 heterocycles. The van der Waals surface area contributed by atoms with Crippen molar-refractivity contribution in [1.29, 1.82) is 10.8 Å². The Morgan fingerprint density at radius 3 is 1.38 bits per heavy atom. The van der Waals surface area contributed by atoms with Gasteiger partial charge in [-0.3, -0.25) is 10.8 Å². The van der Waals surface area contributed by atoms with Crippen molar-refractivity contribution < 1.29 is 0 Å². The lowest BCUT2D eigenvalue weighted by Crippen LogP contribution is -2.15. The molecule has 40 heavy (non-hydrogen) atoms. The van der Waals surface area contributed by atoms with Crippen LogP contribution < -0.4 is 0 Å². The van der Waals surface area contributed by atoms with Crippen LogP contribution >= 0.6 is 0 Å². The van der Waals surface area contributed by atoms with Crippen molar-refractivity contribution in [3.05, 3.63) is 157 Å². The van der Waals surface area contributed by atoms with Gasteiger partial charge in [0.25, 0.3) is 0 Å². The second-order valence-electron chi connectivity index (χ2n) is 10.2. The van der Waals surface area contributed by atoms with Crippen molar-refractivity contribution in [3.63, 3.8) is 0 Å². The summed E-state index contributed by atoms with van der Waals surface area (Å²) in [6.45, 7) is 0. The Labute approximate surface area is 233 Å². The molecule has 0 bridgehead atoms. The molecule has 0 fully saturated rings. The lowest BCUT2D eigenvalue weighted by atomic mass is 9.87. The Hall–Kier alpha value is -5.34. The third-order valence-corrected chi connectivity index (χ3v) is 7.75. The summed E-state index contributed by atoms with van der Waals surface area (Å²) >= 11 is 0. The van der Waals surface area contributed by atoms with Crippen LogP contribution in [-0.2, 0) is 0 Å². The van der Waals surface area contributed by atoms with Gasteiger partial charge >= 0.3 is 0 Å². The minimum absolute atomic E-state index is 0.226. The maximum Gasteiger partial charge on any atom is 0.0867 e. The second-order valence-corrected chi connectivity index (χ2v) is 10.2. The van der Waals surface area contributed by atoms with Crippen LogP contribution in [0.1, 0.15) is 11.1 Å². The number of allylic oxidation sites excluding steroid dienone is 4. The van der Waals surface area contributed by atoms with Crippen LogP contribution in [0.5, 0.6) is 0 Å². The third kappa shape index (κ3) is 4.16. The van der Waals surface area contributed by atoms with Crippen LogP contribution in [0, 0.1) is 10.8 Å². The fourth-order valence-electron chi connectivity index (χ4n) is 5.66. The van der Waals surface area contributed by atoms with E-state index in [4.69, 9.17) is 10.8 Å². The molecule has 0 aromatic heterocycles. The van der Waals surface area contributed by atoms with E-state index in [-0.39, 0.29) is 11.4 Å². The van der Waals surface area contributed by atoms with Gasteiger partial charge in [-0.25, -0.2) is 0 Å². The number of rotatable bonds is 4. The minimum Gasteiger partial charge on any atom is -0.299 e. The second kappa shape index (κ2) is 9.76. The molecule has 0 saturated carbocycles. The molecule has 1 aliphatic carbocycles. The number of hydrogen-bond donors (Lipinski definition) is 2. The predicted molar refractivity (Wildman–Crippen MR) is 170 cm³/mol. The summed E-state index contributed by atoms with van der Waals surface area (Å²) in [7, 11) is 0. The number of fused-ring (bicyclic) bond motifs is 2. The molecule has 2 N–H and O–H groups in total. The van der Waals surface area contributed by atoms with Gasteiger partial charge in [-0.05, 0) is 72.7 Å². The first-order chi connectivity index (χ1) is 19.7. The molecule has 6 aromatic carbocycles. The molecule has 0 amide bonds. The zero-order chi connectivity index (χ0) is 27.1. The average Bonchev–Trinajstić information content (AvgIpc) is 3.02. The van der Waals surface area contributed by atoms with Gasteiger partial charge in [-0.2, -0.15) is 0 Å². The van der Waals surface area contributed by atoms with Crippen molar-refractivity contribution in [3.8, 4) is 22.3 Å². The van der Waals surface area contributed by atoms with Crippen LogP contribution in [0.4, 0.5) is 0 Å². The minimum atomic E-state index is 0.226. The number of nitrogens with one attached hydrogen (secondary N) is 2. The van der Waals surface area contributed by atoms with Gasteiger partial charge in [0.1, 0.15) is 0 Å². The van der Waals surface area contributed by atoms with E-state index in [9.17, 15) is 0 Å². The quantitative estimate of drug-likeness (QED) is 0.222. The van der Waals surface area contributed by atoms with Gasteiger partial charge in [0.2, 0.25) is 0 Å². The highest BCUT2D eigenvalue weighted by Crippen LogP contribution is 2.34. The number of hydrogen-bond acceptors (Lipinski definition) is 2. The monoisotopic (exact) mass is 510 g/mol. The summed E-state index contributed by atoms with van der Waals surface area (Å²) < 4.78 is 0. The Balaban J connectivity index is 1.21. The van der Waals surface area contributed by atoms with Gasteiger partial charge < -0.3 is 0 Å². The standard InChI is InChI=1S/C38H26N2/c39-37-24-31(25-15-17-28(18-16-25)34-13-5-9-26-7-1-3-11-32(26)34)23-36(38(37)40)30-21-19-29(20-22-30)35-14-6-10-27-8-2-4-12-33(27)35/h1-24,39-40H. The van der Waals surface area contributed by atoms with E-state index in [0.29, 0.717) is 0 Å². The molecule has 0 spiro atoms. The van der Waals surface area contributed by atoms with Crippen LogP contribution in [0.15, 0.2) is 146 Å². The summed E-state index contributed by atoms with van der Waals surface area (Å²) in [5.74, 6) is 0. The molecule has 2 nitrogen and oxygen atoms in total. The van der Waals surface area contributed by atoms with Crippen molar-refractivity contribution in [2.45, 2.75) is 0 Å². The van der Waals surface area contributed by atoms with Gasteiger partial charge in [-0.15, -0.1) is 0 Å². The van der Waals surface area contributed by atoms with Crippen molar-refractivity contribution in [1.82, 2.24) is 0 Å². The van der Waals surface area contributed by atoms with Gasteiger partial charge in [0, 0.05) is 5.57 Å². The Morgan fingerprint density at radius 2 is 0.825 bits per heavy atom. The van der Waals surface area contributed by atoms with Gasteiger partial charge in [0.05, 0.1) is 11.4 Å². The molecule has 0 aliphatic heterocycles. The third-order valence-electron chi connectivity index (χ3n) is 7.75. The molecule has 6 aromatic rings. The highest BCUT2D eigenvalue weighted by atomic mass is 14.5. The molecule has 2 heteroatoms. The van der Waals surface area contributed by atoms with Crippen LogP contribution in [0.3, 0.4) is 0 Å². The van der Waals surface area contributed by atoms with E-state index >= 15 is 0 Å². The van der Waals surface area contributed by atoms with E-state index in [0.717, 1.165) is 33.4 Å². The lowest BCUT2D eigenvalue weighted by Gasteiger charge is -2.17. The van der Waals surface area contributed by atoms with E-state index in [1.807, 2.05) is 6.08 Å². The summed E-state index contributed by atoms with van der Waals surface area (Å²) in [6, 6.07) is 46.5. The Bertz CT molecular complexity index is 2000. The lowest BCUT2D eigenvalue weighted by molar-refractivity contribution is 1.48. The molecule has 0 unspecified atom stereocenters. The molecule has 0 atom stereocenters. The SMILES string of the molecule is N=C1C=C(c2ccc(-c3cccc4ccccc34)cc2)C=C(c2ccc(-c3cccc4ccccc34)cc2)C1=N. The maximum atomic E-state index is 8.65. The molecular weight excluding hydrogens is 484 g/mol. The molecule has 188 valence electrons. The molecule has 0 saturated heterocycles. The van der Waals surface area contributed by atoms with E-state index in [1.54, 1.807) is 6.08 Å². The fraction of sp³-hybridized carbons (Fsp3) is 0. The van der Waals surface area contributed by atoms with Crippen molar-refractivity contribution >= 4 is 44.1 Å². The summed E-state index contributed by atoms with van der Waals surface area (Å²) in [5.41, 5.74) is 8.85. The highest BCUT2D eigenvalue weighted by Gasteiger charge is 2.19. The zero-order valence-electron chi connectivity index (χ0n) is 21.9. The first-order valence-electron chi connectivity index (χ1n) is 13.4. The number of benzene rings is 6. The maximum absolute atomic E-state index is 8.65. The molecular formula is C38H26N2. The van der Waals surface area contributed by atoms with E-state index in [1.165, 1.54) is 32.7 Å². The van der Waals surface area contributed by atoms with Gasteiger partial charge in [0.15, 0.2) is 0 Å². The summed E-state index contributed by atoms with van der Waals surface area (Å²) in [6.07, 6.45) is 3.84. The van der Waals surface area contributed by atoms with Crippen molar-refractivity contribution in [2.75, 3.05) is 0 Å². The van der Waals surface area contributed by atoms with E-state index in [2.05, 4.69) is 133 Å². The van der Waals surface area contributed by atoms with Crippen molar-refractivity contribution in [2.24, 2.45) is 0 Å². The predicted octanol–water partition coefficient (Wildman–Crippen LogP) is 9.85. The topological polar surface area (TPSA) is 47.7 Å².